The summed E-state index contributed by atoms with van der Waals surface area (Å²) in [6, 6.07) is 5.09. The summed E-state index contributed by atoms with van der Waals surface area (Å²) in [5, 5.41) is 1.60. The normalized spacial score (nSPS) is 16.8. The molecule has 0 N–H and O–H groups in total. The first-order chi connectivity index (χ1) is 8.66. The van der Waals surface area contributed by atoms with Gasteiger partial charge in [0.25, 0.3) is 0 Å². The quantitative estimate of drug-likeness (QED) is 0.707. The highest BCUT2D eigenvalue weighted by Crippen LogP contribution is 2.29. The standard InChI is InChI=1S/C14H16Cl2OS/c15-12-7-6-10(8-13(12)16)14(17)9-18-11-4-2-1-3-5-11/h6-8,11H,1-5,9H2. The molecule has 0 saturated heterocycles. The molecule has 1 nitrogen and oxygen atoms in total. The van der Waals surface area contributed by atoms with Gasteiger partial charge in [-0.15, -0.1) is 0 Å². The van der Waals surface area contributed by atoms with Crippen molar-refractivity contribution in [3.8, 4) is 0 Å². The third-order valence-corrected chi connectivity index (χ3v) is 5.35. The van der Waals surface area contributed by atoms with E-state index in [0.29, 0.717) is 26.6 Å². The molecule has 1 aromatic carbocycles. The van der Waals surface area contributed by atoms with Crippen LogP contribution in [0.4, 0.5) is 0 Å². The molecule has 18 heavy (non-hydrogen) atoms. The van der Waals surface area contributed by atoms with Crippen molar-refractivity contribution in [2.24, 2.45) is 0 Å². The topological polar surface area (TPSA) is 17.1 Å². The largest absolute Gasteiger partial charge is 0.293 e. The molecule has 1 saturated carbocycles. The number of thioether (sulfide) groups is 1. The molecule has 0 bridgehead atoms. The number of halogens is 2. The third kappa shape index (κ3) is 3.91. The minimum Gasteiger partial charge on any atom is -0.293 e. The van der Waals surface area contributed by atoms with E-state index in [0.717, 1.165) is 0 Å². The van der Waals surface area contributed by atoms with Gasteiger partial charge in [0, 0.05) is 10.8 Å². The maximum Gasteiger partial charge on any atom is 0.172 e. The molecule has 0 spiro atoms. The predicted molar refractivity (Wildman–Crippen MR) is 80.1 cm³/mol. The van der Waals surface area contributed by atoms with Gasteiger partial charge in [-0.05, 0) is 31.0 Å². The summed E-state index contributed by atoms with van der Waals surface area (Å²) in [4.78, 5) is 12.0. The molecule has 1 aromatic rings. The number of hydrogen-bond acceptors (Lipinski definition) is 2. The summed E-state index contributed by atoms with van der Waals surface area (Å²) in [6.45, 7) is 0. The zero-order valence-electron chi connectivity index (χ0n) is 10.1. The Balaban J connectivity index is 1.88. The second-order valence-corrected chi connectivity index (χ2v) is 6.73. The molecule has 1 aliphatic carbocycles. The van der Waals surface area contributed by atoms with Crippen molar-refractivity contribution >= 4 is 40.7 Å². The molecule has 0 radical (unpaired) electrons. The summed E-state index contributed by atoms with van der Waals surface area (Å²) in [6.07, 6.45) is 6.45. The molecule has 4 heteroatoms. The van der Waals surface area contributed by atoms with Crippen LogP contribution in [0.5, 0.6) is 0 Å². The summed E-state index contributed by atoms with van der Waals surface area (Å²) < 4.78 is 0. The molecular weight excluding hydrogens is 287 g/mol. The minimum atomic E-state index is 0.143. The molecular formula is C14H16Cl2OS. The van der Waals surface area contributed by atoms with Gasteiger partial charge >= 0.3 is 0 Å². The van der Waals surface area contributed by atoms with E-state index in [1.54, 1.807) is 30.0 Å². The molecule has 98 valence electrons. The molecule has 0 atom stereocenters. The minimum absolute atomic E-state index is 0.143. The molecule has 2 rings (SSSR count). The Morgan fingerprint density at radius 1 is 1.17 bits per heavy atom. The summed E-state index contributed by atoms with van der Waals surface area (Å²) in [7, 11) is 0. The maximum absolute atomic E-state index is 12.0. The number of carbonyl (C=O) groups excluding carboxylic acids is 1. The van der Waals surface area contributed by atoms with Gasteiger partial charge in [-0.1, -0.05) is 42.5 Å². The zero-order chi connectivity index (χ0) is 13.0. The van der Waals surface area contributed by atoms with Crippen LogP contribution in [0.1, 0.15) is 42.5 Å². The highest BCUT2D eigenvalue weighted by molar-refractivity contribution is 8.00. The number of Topliss-reactive ketones (excluding diaryl/α,β-unsaturated/α-hetero) is 1. The van der Waals surface area contributed by atoms with Gasteiger partial charge < -0.3 is 0 Å². The van der Waals surface area contributed by atoms with E-state index in [4.69, 9.17) is 23.2 Å². The summed E-state index contributed by atoms with van der Waals surface area (Å²) in [5.74, 6) is 0.687. The van der Waals surface area contributed by atoms with Crippen LogP contribution < -0.4 is 0 Å². The lowest BCUT2D eigenvalue weighted by atomic mass is 10.0. The average molecular weight is 303 g/mol. The second kappa shape index (κ2) is 6.83. The molecule has 0 aromatic heterocycles. The van der Waals surface area contributed by atoms with Crippen molar-refractivity contribution in [1.82, 2.24) is 0 Å². The van der Waals surface area contributed by atoms with E-state index in [1.165, 1.54) is 32.1 Å². The first-order valence-corrected chi connectivity index (χ1v) is 8.07. The molecule has 0 unspecified atom stereocenters. The van der Waals surface area contributed by atoms with Crippen molar-refractivity contribution < 1.29 is 4.79 Å². The maximum atomic E-state index is 12.0. The number of rotatable bonds is 4. The monoisotopic (exact) mass is 302 g/mol. The smallest absolute Gasteiger partial charge is 0.172 e. The lowest BCUT2D eigenvalue weighted by Crippen LogP contribution is -2.12. The molecule has 0 amide bonds. The Bertz CT molecular complexity index is 428. The number of carbonyl (C=O) groups is 1. The Kier molecular flexibility index (Phi) is 5.40. The van der Waals surface area contributed by atoms with Gasteiger partial charge in [-0.25, -0.2) is 0 Å². The fourth-order valence-electron chi connectivity index (χ4n) is 2.18. The van der Waals surface area contributed by atoms with E-state index in [9.17, 15) is 4.79 Å². The Hall–Kier alpha value is -0.180. The fraction of sp³-hybridized carbons (Fsp3) is 0.500. The molecule has 0 aliphatic heterocycles. The first-order valence-electron chi connectivity index (χ1n) is 6.26. The van der Waals surface area contributed by atoms with Crippen molar-refractivity contribution in [2.75, 3.05) is 5.75 Å². The lowest BCUT2D eigenvalue weighted by Gasteiger charge is -2.20. The number of hydrogen-bond donors (Lipinski definition) is 0. The lowest BCUT2D eigenvalue weighted by molar-refractivity contribution is 0.102. The SMILES string of the molecule is O=C(CSC1CCCCC1)c1ccc(Cl)c(Cl)c1. The van der Waals surface area contributed by atoms with Crippen LogP contribution in [0.2, 0.25) is 10.0 Å². The van der Waals surface area contributed by atoms with Crippen molar-refractivity contribution in [3.05, 3.63) is 33.8 Å². The zero-order valence-corrected chi connectivity index (χ0v) is 12.5. The molecule has 1 aliphatic rings. The highest BCUT2D eigenvalue weighted by atomic mass is 35.5. The Morgan fingerprint density at radius 3 is 2.56 bits per heavy atom. The van der Waals surface area contributed by atoms with Gasteiger partial charge in [0.2, 0.25) is 0 Å². The predicted octanol–water partition coefficient (Wildman–Crippen LogP) is 5.24. The van der Waals surface area contributed by atoms with E-state index in [1.807, 2.05) is 0 Å². The third-order valence-electron chi connectivity index (χ3n) is 3.24. The van der Waals surface area contributed by atoms with Crippen LogP contribution in [0, 0.1) is 0 Å². The average Bonchev–Trinajstić information content (AvgIpc) is 2.40. The number of ketones is 1. The number of benzene rings is 1. The first kappa shape index (κ1) is 14.2. The van der Waals surface area contributed by atoms with Gasteiger partial charge in [-0.2, -0.15) is 11.8 Å². The molecule has 1 fully saturated rings. The van der Waals surface area contributed by atoms with Crippen LogP contribution in [-0.2, 0) is 0 Å². The fourth-order valence-corrected chi connectivity index (χ4v) is 3.70. The van der Waals surface area contributed by atoms with E-state index < -0.39 is 0 Å². The van der Waals surface area contributed by atoms with Crippen molar-refractivity contribution in [2.45, 2.75) is 37.4 Å². The summed E-state index contributed by atoms with van der Waals surface area (Å²) >= 11 is 13.5. The van der Waals surface area contributed by atoms with Gasteiger partial charge in [0.05, 0.1) is 15.8 Å². The van der Waals surface area contributed by atoms with Crippen molar-refractivity contribution in [1.29, 1.82) is 0 Å². The van der Waals surface area contributed by atoms with Gasteiger partial charge in [0.15, 0.2) is 5.78 Å². The molecule has 0 heterocycles. The van der Waals surface area contributed by atoms with Crippen LogP contribution in [0.15, 0.2) is 18.2 Å². The van der Waals surface area contributed by atoms with E-state index in [2.05, 4.69) is 0 Å². The van der Waals surface area contributed by atoms with Crippen LogP contribution >= 0.6 is 35.0 Å². The van der Waals surface area contributed by atoms with Crippen molar-refractivity contribution in [3.63, 3.8) is 0 Å². The highest BCUT2D eigenvalue weighted by Gasteiger charge is 2.16. The van der Waals surface area contributed by atoms with Crippen LogP contribution in [-0.4, -0.2) is 16.8 Å². The van der Waals surface area contributed by atoms with Gasteiger partial charge in [-0.3, -0.25) is 4.79 Å². The Labute approximate surface area is 122 Å². The van der Waals surface area contributed by atoms with Gasteiger partial charge in [0.1, 0.15) is 0 Å². The van der Waals surface area contributed by atoms with Crippen LogP contribution in [0.25, 0.3) is 0 Å². The Morgan fingerprint density at radius 2 is 1.89 bits per heavy atom. The van der Waals surface area contributed by atoms with E-state index in [-0.39, 0.29) is 5.78 Å². The summed E-state index contributed by atoms with van der Waals surface area (Å²) in [5.41, 5.74) is 0.660. The van der Waals surface area contributed by atoms with Crippen LogP contribution in [0.3, 0.4) is 0 Å². The van der Waals surface area contributed by atoms with E-state index >= 15 is 0 Å². The second-order valence-electron chi connectivity index (χ2n) is 4.62.